The highest BCUT2D eigenvalue weighted by molar-refractivity contribution is 7.98. The number of thiol groups is 1. The number of carboxylic acids is 1. The quantitative estimate of drug-likeness (QED) is 0.159. The summed E-state index contributed by atoms with van der Waals surface area (Å²) < 4.78 is 0. The van der Waals surface area contributed by atoms with Gasteiger partial charge in [0, 0.05) is 5.75 Å². The first-order valence-electron chi connectivity index (χ1n) is 9.67. The van der Waals surface area contributed by atoms with Crippen molar-refractivity contribution in [2.45, 2.75) is 63.9 Å². The van der Waals surface area contributed by atoms with Gasteiger partial charge in [0.2, 0.25) is 17.7 Å². The highest BCUT2D eigenvalue weighted by Crippen LogP contribution is 2.09. The molecule has 0 aliphatic carbocycles. The third-order valence-electron chi connectivity index (χ3n) is 4.62. The van der Waals surface area contributed by atoms with Gasteiger partial charge >= 0.3 is 5.97 Å². The number of hydrogen-bond donors (Lipinski definition) is 7. The number of carbonyl (C=O) groups is 4. The molecule has 7 N–H and O–H groups in total. The molecule has 0 aliphatic heterocycles. The molecule has 0 bridgehead atoms. The van der Waals surface area contributed by atoms with Crippen molar-refractivity contribution in [2.24, 2.45) is 11.7 Å². The molecule has 6 unspecified atom stereocenters. The van der Waals surface area contributed by atoms with E-state index in [0.717, 1.165) is 0 Å². The Bertz CT molecular complexity index is 593. The van der Waals surface area contributed by atoms with E-state index in [1.165, 1.54) is 18.7 Å². The zero-order valence-electron chi connectivity index (χ0n) is 17.8. The predicted molar refractivity (Wildman–Crippen MR) is 119 cm³/mol. The number of hydrogen-bond acceptors (Lipinski definition) is 8. The molecule has 174 valence electrons. The van der Waals surface area contributed by atoms with E-state index in [4.69, 9.17) is 5.73 Å². The van der Waals surface area contributed by atoms with Crippen molar-refractivity contribution in [2.75, 3.05) is 17.8 Å². The molecule has 0 heterocycles. The number of aliphatic hydroxyl groups is 1. The molecule has 0 aromatic carbocycles. The topological polar surface area (TPSA) is 171 Å². The van der Waals surface area contributed by atoms with Gasteiger partial charge in [-0.2, -0.15) is 24.4 Å². The monoisotopic (exact) mass is 466 g/mol. The van der Waals surface area contributed by atoms with E-state index in [0.29, 0.717) is 18.6 Å². The molecule has 6 atom stereocenters. The van der Waals surface area contributed by atoms with Crippen LogP contribution in [0.15, 0.2) is 0 Å². The average Bonchev–Trinajstić information content (AvgIpc) is 2.70. The van der Waals surface area contributed by atoms with Crippen LogP contribution in [0, 0.1) is 5.92 Å². The molecule has 10 nitrogen and oxygen atoms in total. The summed E-state index contributed by atoms with van der Waals surface area (Å²) in [5.74, 6) is -3.09. The van der Waals surface area contributed by atoms with E-state index in [9.17, 15) is 29.4 Å². The van der Waals surface area contributed by atoms with E-state index in [1.54, 1.807) is 13.8 Å². The number of nitrogens with one attached hydrogen (secondary N) is 3. The molecule has 3 amide bonds. The van der Waals surface area contributed by atoms with E-state index in [2.05, 4.69) is 28.6 Å². The van der Waals surface area contributed by atoms with Crippen LogP contribution in [0.1, 0.15) is 33.6 Å². The molecule has 30 heavy (non-hydrogen) atoms. The number of amides is 3. The molecular formula is C18H34N4O6S2. The Morgan fingerprint density at radius 1 is 1.03 bits per heavy atom. The van der Waals surface area contributed by atoms with Crippen LogP contribution in [0.4, 0.5) is 0 Å². The van der Waals surface area contributed by atoms with Crippen LogP contribution in [0.5, 0.6) is 0 Å². The first-order valence-corrected chi connectivity index (χ1v) is 11.7. The number of rotatable bonds is 14. The lowest BCUT2D eigenvalue weighted by Crippen LogP contribution is -2.60. The van der Waals surface area contributed by atoms with Crippen LogP contribution in [0.25, 0.3) is 0 Å². The minimum atomic E-state index is -1.34. The van der Waals surface area contributed by atoms with Gasteiger partial charge in [0.05, 0.1) is 12.1 Å². The number of aliphatic carboxylic acids is 1. The van der Waals surface area contributed by atoms with Crippen LogP contribution < -0.4 is 21.7 Å². The number of carboxylic acid groups (broad SMARTS) is 1. The predicted octanol–water partition coefficient (Wildman–Crippen LogP) is -1.04. The zero-order chi connectivity index (χ0) is 23.4. The fourth-order valence-electron chi connectivity index (χ4n) is 2.43. The van der Waals surface area contributed by atoms with Gasteiger partial charge < -0.3 is 31.9 Å². The van der Waals surface area contributed by atoms with Gasteiger partial charge in [0.1, 0.15) is 18.1 Å². The van der Waals surface area contributed by atoms with Gasteiger partial charge in [0.15, 0.2) is 0 Å². The summed E-state index contributed by atoms with van der Waals surface area (Å²) in [6.45, 7) is 4.80. The van der Waals surface area contributed by atoms with Crippen molar-refractivity contribution >= 4 is 48.1 Å². The molecule has 0 aromatic heterocycles. The number of nitrogens with two attached hydrogens (primary N) is 1. The first-order chi connectivity index (χ1) is 14.0. The normalized spacial score (nSPS) is 17.0. The summed E-state index contributed by atoms with van der Waals surface area (Å²) in [6, 6.07) is -4.46. The van der Waals surface area contributed by atoms with Gasteiger partial charge in [0.25, 0.3) is 0 Å². The van der Waals surface area contributed by atoms with Gasteiger partial charge in [-0.1, -0.05) is 20.3 Å². The average molecular weight is 467 g/mol. The Hall–Kier alpha value is -1.50. The molecule has 12 heteroatoms. The van der Waals surface area contributed by atoms with Gasteiger partial charge in [-0.15, -0.1) is 0 Å². The fraction of sp³-hybridized carbons (Fsp3) is 0.778. The van der Waals surface area contributed by atoms with Crippen molar-refractivity contribution in [3.63, 3.8) is 0 Å². The Morgan fingerprint density at radius 3 is 2.03 bits per heavy atom. The summed E-state index contributed by atoms with van der Waals surface area (Å²) in [6.07, 6.45) is 1.55. The number of thioether (sulfide) groups is 1. The minimum Gasteiger partial charge on any atom is -0.480 e. The SMILES string of the molecule is CCC(C)C(NC(=O)C(CS)NC(=O)C(NC(=O)C(N)CCSC)C(C)O)C(=O)O. The number of carbonyl (C=O) groups excluding carboxylic acids is 3. The van der Waals surface area contributed by atoms with Crippen molar-refractivity contribution in [3.8, 4) is 0 Å². The maximum Gasteiger partial charge on any atom is 0.326 e. The van der Waals surface area contributed by atoms with E-state index < -0.39 is 54.0 Å². The fourth-order valence-corrected chi connectivity index (χ4v) is 3.18. The van der Waals surface area contributed by atoms with Gasteiger partial charge in [-0.3, -0.25) is 14.4 Å². The van der Waals surface area contributed by atoms with Crippen molar-refractivity contribution < 1.29 is 29.4 Å². The second kappa shape index (κ2) is 14.5. The van der Waals surface area contributed by atoms with E-state index in [-0.39, 0.29) is 11.7 Å². The summed E-state index contributed by atoms with van der Waals surface area (Å²) in [5, 5.41) is 26.4. The molecule has 0 rings (SSSR count). The molecule has 0 fully saturated rings. The standard InChI is InChI=1S/C18H34N4O6S2/c1-5-9(2)13(18(27)28)21-16(25)12(8-29)20-17(26)14(10(3)23)22-15(24)11(19)6-7-30-4/h9-14,23,29H,5-8,19H2,1-4H3,(H,20,26)(H,21,25)(H,22,24)(H,27,28). The Kier molecular flexibility index (Phi) is 13.8. The maximum absolute atomic E-state index is 12.6. The maximum atomic E-state index is 12.6. The van der Waals surface area contributed by atoms with Crippen molar-refractivity contribution in [1.82, 2.24) is 16.0 Å². The van der Waals surface area contributed by atoms with Crippen LogP contribution in [0.3, 0.4) is 0 Å². The Balaban J connectivity index is 5.15. The Morgan fingerprint density at radius 2 is 1.60 bits per heavy atom. The molecule has 0 aliphatic rings. The van der Waals surface area contributed by atoms with Gasteiger partial charge in [-0.05, 0) is 31.3 Å². The lowest BCUT2D eigenvalue weighted by molar-refractivity contribution is -0.143. The van der Waals surface area contributed by atoms with Crippen LogP contribution >= 0.6 is 24.4 Å². The highest BCUT2D eigenvalue weighted by atomic mass is 32.2. The summed E-state index contributed by atoms with van der Waals surface area (Å²) in [7, 11) is 0. The summed E-state index contributed by atoms with van der Waals surface area (Å²) >= 11 is 5.56. The van der Waals surface area contributed by atoms with Crippen LogP contribution in [-0.2, 0) is 19.2 Å². The molecule has 0 spiro atoms. The molecular weight excluding hydrogens is 432 g/mol. The lowest BCUT2D eigenvalue weighted by Gasteiger charge is -2.26. The Labute approximate surface area is 186 Å². The van der Waals surface area contributed by atoms with Crippen molar-refractivity contribution in [3.05, 3.63) is 0 Å². The highest BCUT2D eigenvalue weighted by Gasteiger charge is 2.32. The van der Waals surface area contributed by atoms with Crippen LogP contribution in [0.2, 0.25) is 0 Å². The molecule has 0 aromatic rings. The smallest absolute Gasteiger partial charge is 0.326 e. The summed E-state index contributed by atoms with van der Waals surface area (Å²) in [4.78, 5) is 48.7. The molecule has 0 saturated heterocycles. The van der Waals surface area contributed by atoms with Crippen molar-refractivity contribution in [1.29, 1.82) is 0 Å². The summed E-state index contributed by atoms with van der Waals surface area (Å²) in [5.41, 5.74) is 5.78. The largest absolute Gasteiger partial charge is 0.480 e. The second-order valence-electron chi connectivity index (χ2n) is 7.07. The van der Waals surface area contributed by atoms with Gasteiger partial charge in [-0.25, -0.2) is 4.79 Å². The minimum absolute atomic E-state index is 0.113. The third kappa shape index (κ3) is 9.54. The molecule has 0 radical (unpaired) electrons. The first kappa shape index (κ1) is 28.5. The lowest BCUT2D eigenvalue weighted by atomic mass is 9.99. The third-order valence-corrected chi connectivity index (χ3v) is 5.63. The van der Waals surface area contributed by atoms with Crippen LogP contribution in [-0.4, -0.2) is 81.9 Å². The zero-order valence-corrected chi connectivity index (χ0v) is 19.5. The second-order valence-corrected chi connectivity index (χ2v) is 8.42. The number of aliphatic hydroxyl groups excluding tert-OH is 1. The van der Waals surface area contributed by atoms with E-state index in [1.807, 2.05) is 6.26 Å². The molecule has 0 saturated carbocycles. The van der Waals surface area contributed by atoms with E-state index >= 15 is 0 Å².